The summed E-state index contributed by atoms with van der Waals surface area (Å²) in [6.07, 6.45) is 14.6. The molecule has 1 atom stereocenters. The Balaban J connectivity index is 1.81. The van der Waals surface area contributed by atoms with Gasteiger partial charge in [0.2, 0.25) is 0 Å². The van der Waals surface area contributed by atoms with E-state index in [4.69, 9.17) is 0 Å². The van der Waals surface area contributed by atoms with Crippen LogP contribution in [0, 0.1) is 11.8 Å². The normalized spacial score (nSPS) is 31.1. The first-order chi connectivity index (χ1) is 7.97. The molecule has 0 aromatic rings. The zero-order chi connectivity index (χ0) is 11.1. The first kappa shape index (κ1) is 12.4. The summed E-state index contributed by atoms with van der Waals surface area (Å²) < 4.78 is 0. The van der Waals surface area contributed by atoms with Crippen LogP contribution in [0.3, 0.4) is 0 Å². The number of hydrazine groups is 1. The molecular weight excluding hydrogens is 196 g/mol. The van der Waals surface area contributed by atoms with E-state index >= 15 is 0 Å². The molecule has 0 aromatic carbocycles. The SMILES string of the molecule is C1CCCC(C2CCCCNNC2)CCC1. The summed E-state index contributed by atoms with van der Waals surface area (Å²) >= 11 is 0. The summed E-state index contributed by atoms with van der Waals surface area (Å²) in [5, 5.41) is 0. The van der Waals surface area contributed by atoms with Crippen molar-refractivity contribution in [2.45, 2.75) is 64.2 Å². The van der Waals surface area contributed by atoms with Crippen LogP contribution in [0.15, 0.2) is 0 Å². The third kappa shape index (κ3) is 4.06. The Morgan fingerprint density at radius 2 is 1.19 bits per heavy atom. The van der Waals surface area contributed by atoms with Gasteiger partial charge in [0.05, 0.1) is 0 Å². The molecule has 2 fully saturated rings. The number of hydrogen-bond donors (Lipinski definition) is 2. The highest BCUT2D eigenvalue weighted by Gasteiger charge is 2.22. The lowest BCUT2D eigenvalue weighted by Gasteiger charge is -2.30. The van der Waals surface area contributed by atoms with Gasteiger partial charge in [-0.05, 0) is 24.7 Å². The molecule has 0 radical (unpaired) electrons. The first-order valence-electron chi connectivity index (χ1n) is 7.42. The van der Waals surface area contributed by atoms with E-state index in [2.05, 4.69) is 10.9 Å². The molecule has 0 bridgehead atoms. The van der Waals surface area contributed by atoms with Crippen molar-refractivity contribution in [1.29, 1.82) is 0 Å². The third-order valence-corrected chi connectivity index (χ3v) is 4.43. The average Bonchev–Trinajstić information content (AvgIpc) is 2.18. The summed E-state index contributed by atoms with van der Waals surface area (Å²) in [6, 6.07) is 0. The molecule has 2 N–H and O–H groups in total. The zero-order valence-electron chi connectivity index (χ0n) is 10.6. The Kier molecular flexibility index (Phi) is 5.64. The Morgan fingerprint density at radius 3 is 2.00 bits per heavy atom. The van der Waals surface area contributed by atoms with E-state index in [-0.39, 0.29) is 0 Å². The molecule has 1 saturated heterocycles. The van der Waals surface area contributed by atoms with Crippen molar-refractivity contribution >= 4 is 0 Å². The lowest BCUT2D eigenvalue weighted by atomic mass is 9.79. The predicted octanol–water partition coefficient (Wildman–Crippen LogP) is 3.24. The molecule has 1 unspecified atom stereocenters. The van der Waals surface area contributed by atoms with Crippen LogP contribution in [0.2, 0.25) is 0 Å². The highest BCUT2D eigenvalue weighted by molar-refractivity contribution is 4.75. The van der Waals surface area contributed by atoms with Crippen LogP contribution in [0.4, 0.5) is 0 Å². The van der Waals surface area contributed by atoms with Crippen molar-refractivity contribution < 1.29 is 0 Å². The van der Waals surface area contributed by atoms with Gasteiger partial charge in [-0.3, -0.25) is 10.9 Å². The Morgan fingerprint density at radius 1 is 0.562 bits per heavy atom. The Labute approximate surface area is 101 Å². The van der Waals surface area contributed by atoms with Crippen molar-refractivity contribution in [3.63, 3.8) is 0 Å². The van der Waals surface area contributed by atoms with Gasteiger partial charge in [0.25, 0.3) is 0 Å². The van der Waals surface area contributed by atoms with Gasteiger partial charge in [0.15, 0.2) is 0 Å². The van der Waals surface area contributed by atoms with Gasteiger partial charge >= 0.3 is 0 Å². The summed E-state index contributed by atoms with van der Waals surface area (Å²) in [5.41, 5.74) is 6.75. The standard InChI is InChI=1S/C14H28N2/c1-2-4-8-13(9-5-3-1)14-10-6-7-11-15-16-12-14/h13-16H,1-12H2. The van der Waals surface area contributed by atoms with E-state index in [1.54, 1.807) is 0 Å². The van der Waals surface area contributed by atoms with E-state index in [0.29, 0.717) is 0 Å². The molecule has 2 aliphatic rings. The minimum atomic E-state index is 0.936. The highest BCUT2D eigenvalue weighted by atomic mass is 15.3. The molecule has 1 aliphatic heterocycles. The van der Waals surface area contributed by atoms with Gasteiger partial charge in [-0.25, -0.2) is 0 Å². The largest absolute Gasteiger partial charge is 0.258 e. The summed E-state index contributed by atoms with van der Waals surface area (Å²) in [7, 11) is 0. The predicted molar refractivity (Wildman–Crippen MR) is 69.2 cm³/mol. The van der Waals surface area contributed by atoms with Gasteiger partial charge in [0.1, 0.15) is 0 Å². The molecule has 1 saturated carbocycles. The maximum atomic E-state index is 3.42. The first-order valence-corrected chi connectivity index (χ1v) is 7.42. The minimum Gasteiger partial charge on any atom is -0.258 e. The molecule has 16 heavy (non-hydrogen) atoms. The van der Waals surface area contributed by atoms with Crippen LogP contribution >= 0.6 is 0 Å². The van der Waals surface area contributed by atoms with Gasteiger partial charge in [-0.1, -0.05) is 51.4 Å². The molecular formula is C14H28N2. The van der Waals surface area contributed by atoms with Gasteiger partial charge < -0.3 is 0 Å². The lowest BCUT2D eigenvalue weighted by Crippen LogP contribution is -2.40. The molecule has 0 aromatic heterocycles. The Hall–Kier alpha value is -0.0800. The van der Waals surface area contributed by atoms with Crippen molar-refractivity contribution in [2.75, 3.05) is 13.1 Å². The maximum Gasteiger partial charge on any atom is 0.0131 e. The number of hydrogen-bond acceptors (Lipinski definition) is 2. The van der Waals surface area contributed by atoms with Crippen LogP contribution in [-0.4, -0.2) is 13.1 Å². The number of nitrogens with one attached hydrogen (secondary N) is 2. The monoisotopic (exact) mass is 224 g/mol. The van der Waals surface area contributed by atoms with Crippen molar-refractivity contribution in [1.82, 2.24) is 10.9 Å². The minimum absolute atomic E-state index is 0.936. The smallest absolute Gasteiger partial charge is 0.0131 e. The molecule has 1 aliphatic carbocycles. The van der Waals surface area contributed by atoms with Crippen LogP contribution in [0.5, 0.6) is 0 Å². The number of rotatable bonds is 1. The van der Waals surface area contributed by atoms with E-state index in [0.717, 1.165) is 18.4 Å². The fraction of sp³-hybridized carbons (Fsp3) is 1.00. The Bertz CT molecular complexity index is 146. The van der Waals surface area contributed by atoms with Crippen LogP contribution in [0.25, 0.3) is 0 Å². The maximum absolute atomic E-state index is 3.42. The summed E-state index contributed by atoms with van der Waals surface area (Å²) in [4.78, 5) is 0. The van der Waals surface area contributed by atoms with Crippen LogP contribution < -0.4 is 10.9 Å². The molecule has 2 nitrogen and oxygen atoms in total. The van der Waals surface area contributed by atoms with Gasteiger partial charge in [0, 0.05) is 13.1 Å². The average molecular weight is 224 g/mol. The van der Waals surface area contributed by atoms with Crippen molar-refractivity contribution in [3.05, 3.63) is 0 Å². The van der Waals surface area contributed by atoms with Gasteiger partial charge in [-0.2, -0.15) is 0 Å². The fourth-order valence-corrected chi connectivity index (χ4v) is 3.38. The van der Waals surface area contributed by atoms with Crippen molar-refractivity contribution in [2.24, 2.45) is 11.8 Å². The molecule has 94 valence electrons. The second-order valence-electron chi connectivity index (χ2n) is 5.67. The molecule has 2 heteroatoms. The quantitative estimate of drug-likeness (QED) is 0.714. The molecule has 2 rings (SSSR count). The molecule has 1 heterocycles. The summed E-state index contributed by atoms with van der Waals surface area (Å²) in [5.74, 6) is 1.94. The third-order valence-electron chi connectivity index (χ3n) is 4.43. The van der Waals surface area contributed by atoms with E-state index in [1.165, 1.54) is 70.8 Å². The second-order valence-corrected chi connectivity index (χ2v) is 5.67. The molecule has 0 amide bonds. The van der Waals surface area contributed by atoms with E-state index in [1.807, 2.05) is 0 Å². The fourth-order valence-electron chi connectivity index (χ4n) is 3.38. The highest BCUT2D eigenvalue weighted by Crippen LogP contribution is 2.31. The van der Waals surface area contributed by atoms with Crippen LogP contribution in [-0.2, 0) is 0 Å². The zero-order valence-corrected chi connectivity index (χ0v) is 10.6. The van der Waals surface area contributed by atoms with Crippen LogP contribution in [0.1, 0.15) is 64.2 Å². The summed E-state index contributed by atoms with van der Waals surface area (Å²) in [6.45, 7) is 2.35. The van der Waals surface area contributed by atoms with E-state index in [9.17, 15) is 0 Å². The molecule has 0 spiro atoms. The second kappa shape index (κ2) is 7.29. The van der Waals surface area contributed by atoms with Gasteiger partial charge in [-0.15, -0.1) is 0 Å². The lowest BCUT2D eigenvalue weighted by molar-refractivity contribution is 0.222. The topological polar surface area (TPSA) is 24.1 Å². The van der Waals surface area contributed by atoms with E-state index < -0.39 is 0 Å². The van der Waals surface area contributed by atoms with Crippen molar-refractivity contribution in [3.8, 4) is 0 Å².